The lowest BCUT2D eigenvalue weighted by Crippen LogP contribution is -2.22. The lowest BCUT2D eigenvalue weighted by atomic mass is 9.80. The first-order valence-electron chi connectivity index (χ1n) is 7.31. The molecule has 0 saturated carbocycles. The van der Waals surface area contributed by atoms with E-state index in [1.165, 1.54) is 13.8 Å². The van der Waals surface area contributed by atoms with Crippen LogP contribution < -0.4 is 4.74 Å². The molecule has 0 aromatic heterocycles. The number of esters is 1. The highest BCUT2D eigenvalue weighted by Crippen LogP contribution is 2.41. The molecule has 0 aliphatic heterocycles. The molecule has 0 spiro atoms. The van der Waals surface area contributed by atoms with Gasteiger partial charge in [-0.25, -0.2) is 22.0 Å². The summed E-state index contributed by atoms with van der Waals surface area (Å²) in [6, 6.07) is 0. The average Bonchev–Trinajstić information content (AvgIpc) is 2.52. The first kappa shape index (κ1) is 19.1. The van der Waals surface area contributed by atoms with E-state index in [4.69, 9.17) is 0 Å². The van der Waals surface area contributed by atoms with Gasteiger partial charge in [0.25, 0.3) is 0 Å². The Morgan fingerprint density at radius 2 is 1.32 bits per heavy atom. The maximum Gasteiger partial charge on any atom is 0.308 e. The Morgan fingerprint density at radius 1 is 0.840 bits per heavy atom. The molecule has 0 amide bonds. The molecule has 0 aliphatic rings. The van der Waals surface area contributed by atoms with Gasteiger partial charge < -0.3 is 4.74 Å². The molecule has 0 bridgehead atoms. The van der Waals surface area contributed by atoms with Crippen LogP contribution in [0, 0.1) is 34.9 Å². The highest BCUT2D eigenvalue weighted by atomic mass is 19.2. The van der Waals surface area contributed by atoms with Crippen LogP contribution in [0.25, 0.3) is 10.8 Å². The van der Waals surface area contributed by atoms with Crippen molar-refractivity contribution < 1.29 is 35.9 Å². The summed E-state index contributed by atoms with van der Waals surface area (Å²) >= 11 is 0. The quantitative estimate of drug-likeness (QED) is 0.320. The van der Waals surface area contributed by atoms with Crippen LogP contribution in [0.15, 0.2) is 0 Å². The van der Waals surface area contributed by atoms with Crippen LogP contribution in [0.4, 0.5) is 26.3 Å². The Hall–Kier alpha value is -2.25. The molecule has 0 N–H and O–H groups in total. The molecule has 0 saturated heterocycles. The number of carbonyl (C=O) groups is 1. The molecule has 0 heterocycles. The van der Waals surface area contributed by atoms with Gasteiger partial charge in [-0.1, -0.05) is 20.8 Å². The van der Waals surface area contributed by atoms with Gasteiger partial charge >= 0.3 is 5.97 Å². The number of rotatable bonds is 3. The molecule has 8 heteroatoms. The van der Waals surface area contributed by atoms with Gasteiger partial charge in [0.1, 0.15) is 5.82 Å². The van der Waals surface area contributed by atoms with Gasteiger partial charge in [-0.05, 0) is 11.8 Å². The zero-order chi connectivity index (χ0) is 19.3. The van der Waals surface area contributed by atoms with Crippen molar-refractivity contribution in [2.45, 2.75) is 39.5 Å². The third-order valence-corrected chi connectivity index (χ3v) is 4.16. The van der Waals surface area contributed by atoms with Crippen LogP contribution in [0.3, 0.4) is 0 Å². The van der Waals surface area contributed by atoms with Gasteiger partial charge in [-0.15, -0.1) is 0 Å². The fraction of sp³-hybridized carbons (Fsp3) is 0.353. The standard InChI is InChI=1S/C17H14F6O2/c1-5-17(3,4)9-10(18)7-8(11(19)14(9)22)13(21)16(25-6(2)24)15(23)12(7)20/h5H2,1-4H3. The van der Waals surface area contributed by atoms with Crippen LogP contribution in [-0.4, -0.2) is 5.97 Å². The van der Waals surface area contributed by atoms with Crippen molar-refractivity contribution in [1.82, 2.24) is 0 Å². The molecule has 2 aromatic carbocycles. The second kappa shape index (κ2) is 6.24. The molecular formula is C17H14F6O2. The summed E-state index contributed by atoms with van der Waals surface area (Å²) in [5.74, 6) is -13.9. The van der Waals surface area contributed by atoms with Gasteiger partial charge in [0.2, 0.25) is 11.6 Å². The monoisotopic (exact) mass is 364 g/mol. The molecule has 0 fully saturated rings. The van der Waals surface area contributed by atoms with Crippen molar-refractivity contribution in [1.29, 1.82) is 0 Å². The second-order valence-corrected chi connectivity index (χ2v) is 6.17. The highest BCUT2D eigenvalue weighted by molar-refractivity contribution is 5.88. The van der Waals surface area contributed by atoms with Gasteiger partial charge in [-0.2, -0.15) is 4.39 Å². The van der Waals surface area contributed by atoms with E-state index in [1.54, 1.807) is 6.92 Å². The number of hydrogen-bond donors (Lipinski definition) is 0. The summed E-state index contributed by atoms with van der Waals surface area (Å²) in [5, 5.41) is -2.83. The van der Waals surface area contributed by atoms with Gasteiger partial charge in [0, 0.05) is 12.5 Å². The molecule has 0 aliphatic carbocycles. The van der Waals surface area contributed by atoms with E-state index in [2.05, 4.69) is 4.74 Å². The molecule has 136 valence electrons. The van der Waals surface area contributed by atoms with E-state index in [-0.39, 0.29) is 6.42 Å². The number of benzene rings is 2. The van der Waals surface area contributed by atoms with E-state index in [0.29, 0.717) is 0 Å². The van der Waals surface area contributed by atoms with Crippen molar-refractivity contribution in [2.75, 3.05) is 0 Å². The number of carbonyl (C=O) groups excluding carboxylic acids is 1. The smallest absolute Gasteiger partial charge is 0.308 e. The summed E-state index contributed by atoms with van der Waals surface area (Å²) in [6.45, 7) is 5.07. The zero-order valence-corrected chi connectivity index (χ0v) is 13.8. The summed E-state index contributed by atoms with van der Waals surface area (Å²) in [7, 11) is 0. The Balaban J connectivity index is 3.08. The number of hydrogen-bond acceptors (Lipinski definition) is 2. The Labute approximate surface area is 139 Å². The third kappa shape index (κ3) is 2.83. The summed E-state index contributed by atoms with van der Waals surface area (Å²) < 4.78 is 90.3. The van der Waals surface area contributed by atoms with Crippen molar-refractivity contribution in [3.05, 3.63) is 40.5 Å². The van der Waals surface area contributed by atoms with Gasteiger partial charge in [0.05, 0.1) is 10.8 Å². The topological polar surface area (TPSA) is 26.3 Å². The molecule has 0 radical (unpaired) electrons. The van der Waals surface area contributed by atoms with Crippen molar-refractivity contribution in [3.63, 3.8) is 0 Å². The first-order valence-corrected chi connectivity index (χ1v) is 7.31. The highest BCUT2D eigenvalue weighted by Gasteiger charge is 2.35. The Bertz CT molecular complexity index is 889. The molecule has 2 aromatic rings. The van der Waals surface area contributed by atoms with Crippen LogP contribution in [0.1, 0.15) is 39.7 Å². The third-order valence-electron chi connectivity index (χ3n) is 4.16. The molecular weight excluding hydrogens is 350 g/mol. The number of ether oxygens (including phenoxy) is 1. The molecule has 2 rings (SSSR count). The Morgan fingerprint density at radius 3 is 1.80 bits per heavy atom. The number of fused-ring (bicyclic) bond motifs is 1. The number of halogens is 6. The Kier molecular flexibility index (Phi) is 4.76. The lowest BCUT2D eigenvalue weighted by molar-refractivity contribution is -0.132. The summed E-state index contributed by atoms with van der Waals surface area (Å²) in [4.78, 5) is 10.9. The normalized spacial score (nSPS) is 11.9. The summed E-state index contributed by atoms with van der Waals surface area (Å²) in [5.41, 5.74) is -2.09. The van der Waals surface area contributed by atoms with E-state index in [1.807, 2.05) is 0 Å². The molecule has 0 unspecified atom stereocenters. The van der Waals surface area contributed by atoms with Crippen molar-refractivity contribution in [3.8, 4) is 5.75 Å². The minimum absolute atomic E-state index is 0.143. The fourth-order valence-corrected chi connectivity index (χ4v) is 2.50. The lowest BCUT2D eigenvalue weighted by Gasteiger charge is -2.26. The van der Waals surface area contributed by atoms with E-state index in [9.17, 15) is 31.1 Å². The van der Waals surface area contributed by atoms with Crippen LogP contribution >= 0.6 is 0 Å². The fourth-order valence-electron chi connectivity index (χ4n) is 2.50. The van der Waals surface area contributed by atoms with E-state index < -0.39 is 68.4 Å². The van der Waals surface area contributed by atoms with Crippen molar-refractivity contribution in [2.24, 2.45) is 0 Å². The maximum absolute atomic E-state index is 14.7. The van der Waals surface area contributed by atoms with Gasteiger partial charge in [0.15, 0.2) is 23.3 Å². The van der Waals surface area contributed by atoms with Gasteiger partial charge in [-0.3, -0.25) is 4.79 Å². The van der Waals surface area contributed by atoms with Crippen LogP contribution in [-0.2, 0) is 10.2 Å². The minimum atomic E-state index is -2.01. The largest absolute Gasteiger partial charge is 0.420 e. The predicted octanol–water partition coefficient (Wildman–Crippen LogP) is 5.29. The van der Waals surface area contributed by atoms with Crippen LogP contribution in [0.5, 0.6) is 5.75 Å². The molecule has 25 heavy (non-hydrogen) atoms. The van der Waals surface area contributed by atoms with E-state index >= 15 is 0 Å². The SMILES string of the molecule is CCC(C)(C)c1c(F)c(F)c2c(F)c(OC(C)=O)c(F)c(F)c2c1F. The first-order chi connectivity index (χ1) is 11.5. The molecule has 0 atom stereocenters. The van der Waals surface area contributed by atoms with E-state index in [0.717, 1.165) is 6.92 Å². The summed E-state index contributed by atoms with van der Waals surface area (Å²) in [6.07, 6.45) is 0.143. The minimum Gasteiger partial charge on any atom is -0.420 e. The molecule has 2 nitrogen and oxygen atoms in total. The van der Waals surface area contributed by atoms with Crippen molar-refractivity contribution >= 4 is 16.7 Å². The zero-order valence-electron chi connectivity index (χ0n) is 13.8. The van der Waals surface area contributed by atoms with Crippen LogP contribution in [0.2, 0.25) is 0 Å². The average molecular weight is 364 g/mol. The second-order valence-electron chi connectivity index (χ2n) is 6.17. The predicted molar refractivity (Wildman–Crippen MR) is 78.3 cm³/mol. The maximum atomic E-state index is 14.7.